The van der Waals surface area contributed by atoms with Crippen molar-refractivity contribution in [3.63, 3.8) is 0 Å². The second-order valence-electron chi connectivity index (χ2n) is 4.47. The predicted molar refractivity (Wildman–Crippen MR) is 71.2 cm³/mol. The molecule has 1 aliphatic rings. The van der Waals surface area contributed by atoms with E-state index in [9.17, 15) is 0 Å². The van der Waals surface area contributed by atoms with E-state index in [2.05, 4.69) is 34.5 Å². The van der Waals surface area contributed by atoms with Crippen molar-refractivity contribution in [2.45, 2.75) is 18.9 Å². The van der Waals surface area contributed by atoms with E-state index in [1.807, 2.05) is 0 Å². The third-order valence-electron chi connectivity index (χ3n) is 3.34. The Morgan fingerprint density at radius 3 is 2.81 bits per heavy atom. The number of benzene rings is 1. The minimum Gasteiger partial charge on any atom is -0.371 e. The summed E-state index contributed by atoms with van der Waals surface area (Å²) < 4.78 is 1.37. The fraction of sp³-hybridized carbons (Fsp3) is 0.385. The van der Waals surface area contributed by atoms with Crippen LogP contribution in [0.3, 0.4) is 0 Å². The third kappa shape index (κ3) is 1.81. The lowest BCUT2D eigenvalue weighted by Gasteiger charge is -2.32. The largest absolute Gasteiger partial charge is 0.371 e. The standard InChI is InChI=1S/C13H16N2S/c14-11-3-6-15(7-4-11)12-1-2-13-10(9-12)5-8-16-13/h1-2,5,8-9,11H,3-4,6-7,14H2. The zero-order valence-corrected chi connectivity index (χ0v) is 10.0. The molecule has 2 aromatic rings. The fourth-order valence-electron chi connectivity index (χ4n) is 2.31. The maximum atomic E-state index is 5.92. The van der Waals surface area contributed by atoms with Gasteiger partial charge in [0.2, 0.25) is 0 Å². The SMILES string of the molecule is NC1CCN(c2ccc3sccc3c2)CC1. The molecule has 2 N–H and O–H groups in total. The van der Waals surface area contributed by atoms with Crippen molar-refractivity contribution in [3.8, 4) is 0 Å². The van der Waals surface area contributed by atoms with Gasteiger partial charge in [-0.15, -0.1) is 11.3 Å². The molecular formula is C13H16N2S. The first-order valence-electron chi connectivity index (χ1n) is 5.81. The summed E-state index contributed by atoms with van der Waals surface area (Å²) in [4.78, 5) is 2.44. The van der Waals surface area contributed by atoms with Gasteiger partial charge in [-0.25, -0.2) is 0 Å². The Labute approximate surface area is 99.7 Å². The Bertz CT molecular complexity index is 483. The Kier molecular flexibility index (Phi) is 2.58. The summed E-state index contributed by atoms with van der Waals surface area (Å²) in [7, 11) is 0. The molecule has 3 heteroatoms. The van der Waals surface area contributed by atoms with Gasteiger partial charge in [0.05, 0.1) is 0 Å². The molecule has 2 nitrogen and oxygen atoms in total. The number of nitrogens with two attached hydrogens (primary N) is 1. The highest BCUT2D eigenvalue weighted by atomic mass is 32.1. The van der Waals surface area contributed by atoms with E-state index in [-0.39, 0.29) is 0 Å². The third-order valence-corrected chi connectivity index (χ3v) is 4.24. The minimum atomic E-state index is 0.404. The molecule has 0 amide bonds. The van der Waals surface area contributed by atoms with Gasteiger partial charge in [0, 0.05) is 29.5 Å². The van der Waals surface area contributed by atoms with Crippen molar-refractivity contribution in [1.29, 1.82) is 0 Å². The number of anilines is 1. The van der Waals surface area contributed by atoms with Crippen LogP contribution in [0.2, 0.25) is 0 Å². The summed E-state index contributed by atoms with van der Waals surface area (Å²) in [6, 6.07) is 9.35. The quantitative estimate of drug-likeness (QED) is 0.819. The number of hydrogen-bond donors (Lipinski definition) is 1. The van der Waals surface area contributed by atoms with E-state index in [1.54, 1.807) is 11.3 Å². The molecule has 1 fully saturated rings. The highest BCUT2D eigenvalue weighted by Gasteiger charge is 2.16. The normalized spacial score (nSPS) is 18.2. The maximum absolute atomic E-state index is 5.92. The van der Waals surface area contributed by atoms with Crippen molar-refractivity contribution in [2.75, 3.05) is 18.0 Å². The monoisotopic (exact) mass is 232 g/mol. The second kappa shape index (κ2) is 4.07. The van der Waals surface area contributed by atoms with Gasteiger partial charge in [-0.1, -0.05) is 0 Å². The molecule has 0 bridgehead atoms. The van der Waals surface area contributed by atoms with Gasteiger partial charge in [0.1, 0.15) is 0 Å². The summed E-state index contributed by atoms with van der Waals surface area (Å²) >= 11 is 1.80. The predicted octanol–water partition coefficient (Wildman–Crippen LogP) is 2.83. The van der Waals surface area contributed by atoms with Crippen LogP contribution in [0.5, 0.6) is 0 Å². The number of rotatable bonds is 1. The first kappa shape index (κ1) is 10.1. The van der Waals surface area contributed by atoms with Crippen molar-refractivity contribution < 1.29 is 0 Å². The van der Waals surface area contributed by atoms with E-state index in [4.69, 9.17) is 5.73 Å². The summed E-state index contributed by atoms with van der Waals surface area (Å²) in [6.07, 6.45) is 2.23. The van der Waals surface area contributed by atoms with Crippen LogP contribution >= 0.6 is 11.3 Å². The van der Waals surface area contributed by atoms with Gasteiger partial charge in [-0.05, 0) is 47.9 Å². The molecule has 0 unspecified atom stereocenters. The van der Waals surface area contributed by atoms with Crippen LogP contribution in [0, 0.1) is 0 Å². The van der Waals surface area contributed by atoms with Crippen LogP contribution in [-0.4, -0.2) is 19.1 Å². The molecule has 0 radical (unpaired) electrons. The van der Waals surface area contributed by atoms with E-state index in [1.165, 1.54) is 15.8 Å². The Morgan fingerprint density at radius 1 is 1.19 bits per heavy atom. The molecule has 1 aromatic carbocycles. The van der Waals surface area contributed by atoms with Crippen LogP contribution in [0.4, 0.5) is 5.69 Å². The van der Waals surface area contributed by atoms with Crippen LogP contribution < -0.4 is 10.6 Å². The summed E-state index contributed by atoms with van der Waals surface area (Å²) in [6.45, 7) is 2.19. The molecule has 2 heterocycles. The molecule has 84 valence electrons. The highest BCUT2D eigenvalue weighted by Crippen LogP contribution is 2.27. The van der Waals surface area contributed by atoms with Crippen LogP contribution in [0.25, 0.3) is 10.1 Å². The Morgan fingerprint density at radius 2 is 2.00 bits per heavy atom. The Balaban J connectivity index is 1.87. The zero-order valence-electron chi connectivity index (χ0n) is 9.23. The molecule has 16 heavy (non-hydrogen) atoms. The van der Waals surface area contributed by atoms with Gasteiger partial charge in [-0.2, -0.15) is 0 Å². The van der Waals surface area contributed by atoms with Crippen molar-refractivity contribution in [2.24, 2.45) is 5.73 Å². The smallest absolute Gasteiger partial charge is 0.0373 e. The molecule has 0 aliphatic carbocycles. The topological polar surface area (TPSA) is 29.3 Å². The molecular weight excluding hydrogens is 216 g/mol. The van der Waals surface area contributed by atoms with E-state index in [0.29, 0.717) is 6.04 Å². The molecule has 1 saturated heterocycles. The number of hydrogen-bond acceptors (Lipinski definition) is 3. The lowest BCUT2D eigenvalue weighted by atomic mass is 10.1. The van der Waals surface area contributed by atoms with Gasteiger partial charge in [0.25, 0.3) is 0 Å². The molecule has 0 atom stereocenters. The van der Waals surface area contributed by atoms with E-state index >= 15 is 0 Å². The first-order chi connectivity index (χ1) is 7.83. The second-order valence-corrected chi connectivity index (χ2v) is 5.41. The zero-order chi connectivity index (χ0) is 11.0. The van der Waals surface area contributed by atoms with Crippen molar-refractivity contribution in [3.05, 3.63) is 29.6 Å². The highest BCUT2D eigenvalue weighted by molar-refractivity contribution is 7.17. The molecule has 1 aromatic heterocycles. The molecule has 0 spiro atoms. The number of nitrogens with zero attached hydrogens (tertiary/aromatic N) is 1. The number of piperidine rings is 1. The lowest BCUT2D eigenvalue weighted by molar-refractivity contribution is 0.501. The van der Waals surface area contributed by atoms with E-state index in [0.717, 1.165) is 25.9 Å². The van der Waals surface area contributed by atoms with Crippen LogP contribution in [-0.2, 0) is 0 Å². The maximum Gasteiger partial charge on any atom is 0.0373 e. The summed E-state index contributed by atoms with van der Waals surface area (Å²) in [5, 5.41) is 3.51. The molecule has 3 rings (SSSR count). The average molecular weight is 232 g/mol. The number of thiophene rings is 1. The van der Waals surface area contributed by atoms with Gasteiger partial charge in [0.15, 0.2) is 0 Å². The average Bonchev–Trinajstić information content (AvgIpc) is 2.77. The molecule has 0 saturated carbocycles. The molecule has 1 aliphatic heterocycles. The summed E-state index contributed by atoms with van der Waals surface area (Å²) in [5.41, 5.74) is 7.27. The van der Waals surface area contributed by atoms with Gasteiger partial charge in [-0.3, -0.25) is 0 Å². The number of fused-ring (bicyclic) bond motifs is 1. The minimum absolute atomic E-state index is 0.404. The van der Waals surface area contributed by atoms with Crippen LogP contribution in [0.15, 0.2) is 29.6 Å². The van der Waals surface area contributed by atoms with E-state index < -0.39 is 0 Å². The fourth-order valence-corrected chi connectivity index (χ4v) is 3.08. The lowest BCUT2D eigenvalue weighted by Crippen LogP contribution is -2.39. The van der Waals surface area contributed by atoms with Crippen LogP contribution in [0.1, 0.15) is 12.8 Å². The summed E-state index contributed by atoms with van der Waals surface area (Å²) in [5.74, 6) is 0. The Hall–Kier alpha value is -1.06. The first-order valence-corrected chi connectivity index (χ1v) is 6.69. The van der Waals surface area contributed by atoms with Gasteiger partial charge < -0.3 is 10.6 Å². The van der Waals surface area contributed by atoms with Crippen molar-refractivity contribution in [1.82, 2.24) is 0 Å². The van der Waals surface area contributed by atoms with Crippen molar-refractivity contribution >= 4 is 27.1 Å². The van der Waals surface area contributed by atoms with Gasteiger partial charge >= 0.3 is 0 Å².